The summed E-state index contributed by atoms with van der Waals surface area (Å²) >= 11 is 0. The number of hydrogen-bond acceptors (Lipinski definition) is 4. The Labute approximate surface area is 64.6 Å². The van der Waals surface area contributed by atoms with Crippen LogP contribution in [0.25, 0.3) is 0 Å². The zero-order valence-electron chi connectivity index (χ0n) is 6.19. The van der Waals surface area contributed by atoms with E-state index in [1.807, 2.05) is 0 Å². The molecule has 0 N–H and O–H groups in total. The summed E-state index contributed by atoms with van der Waals surface area (Å²) in [6.07, 6.45) is 5.39. The molecule has 1 fully saturated rings. The van der Waals surface area contributed by atoms with Crippen molar-refractivity contribution in [3.63, 3.8) is 0 Å². The Hall–Kier alpha value is -0.900. The van der Waals surface area contributed by atoms with Crippen molar-refractivity contribution in [2.24, 2.45) is 0 Å². The van der Waals surface area contributed by atoms with Gasteiger partial charge in [0.1, 0.15) is 6.61 Å². The van der Waals surface area contributed by atoms with Crippen molar-refractivity contribution in [1.29, 1.82) is 0 Å². The molecular formula is C7H10N2O2. The largest absolute Gasteiger partial charge is 0.425 e. The molecule has 1 heterocycles. The number of hydrogen-bond donors (Lipinski definition) is 0. The molecule has 4 heteroatoms. The smallest absolute Gasteiger partial charge is 0.241 e. The normalized spacial score (nSPS) is 18.2. The van der Waals surface area contributed by atoms with Crippen molar-refractivity contribution in [3.8, 4) is 0 Å². The van der Waals surface area contributed by atoms with E-state index in [1.54, 1.807) is 0 Å². The minimum atomic E-state index is 0.432. The standard InChI is InChI=1S/C7H10N2O2/c1-2-6(3-1)10-4-7-9-8-5-11-7/h5-6H,1-4H2. The highest BCUT2D eigenvalue weighted by Crippen LogP contribution is 2.22. The van der Waals surface area contributed by atoms with Gasteiger partial charge in [-0.15, -0.1) is 10.2 Å². The average molecular weight is 154 g/mol. The third kappa shape index (κ3) is 1.57. The van der Waals surface area contributed by atoms with Gasteiger partial charge in [-0.3, -0.25) is 0 Å². The Morgan fingerprint density at radius 1 is 1.64 bits per heavy atom. The van der Waals surface area contributed by atoms with Crippen molar-refractivity contribution in [2.45, 2.75) is 32.0 Å². The van der Waals surface area contributed by atoms with Crippen LogP contribution in [0, 0.1) is 0 Å². The van der Waals surface area contributed by atoms with Gasteiger partial charge < -0.3 is 9.15 Å². The topological polar surface area (TPSA) is 48.2 Å². The molecule has 1 aromatic heterocycles. The Balaban J connectivity index is 1.74. The fraction of sp³-hybridized carbons (Fsp3) is 0.714. The molecule has 1 aromatic rings. The highest BCUT2D eigenvalue weighted by molar-refractivity contribution is 4.72. The van der Waals surface area contributed by atoms with Crippen LogP contribution in [0.5, 0.6) is 0 Å². The van der Waals surface area contributed by atoms with E-state index in [9.17, 15) is 0 Å². The summed E-state index contributed by atoms with van der Waals surface area (Å²) in [5.74, 6) is 0.567. The molecule has 60 valence electrons. The van der Waals surface area contributed by atoms with Crippen molar-refractivity contribution < 1.29 is 9.15 Å². The van der Waals surface area contributed by atoms with Crippen molar-refractivity contribution >= 4 is 0 Å². The third-order valence-electron chi connectivity index (χ3n) is 1.90. The van der Waals surface area contributed by atoms with Gasteiger partial charge in [-0.05, 0) is 19.3 Å². The highest BCUT2D eigenvalue weighted by atomic mass is 16.5. The lowest BCUT2D eigenvalue weighted by Gasteiger charge is -2.24. The van der Waals surface area contributed by atoms with Gasteiger partial charge in [-0.25, -0.2) is 0 Å². The molecule has 4 nitrogen and oxygen atoms in total. The molecular weight excluding hydrogens is 144 g/mol. The molecule has 0 amide bonds. The number of aromatic nitrogens is 2. The summed E-state index contributed by atoms with van der Waals surface area (Å²) in [6.45, 7) is 0.463. The van der Waals surface area contributed by atoms with Crippen molar-refractivity contribution in [3.05, 3.63) is 12.3 Å². The second-order valence-electron chi connectivity index (χ2n) is 2.70. The van der Waals surface area contributed by atoms with E-state index in [2.05, 4.69) is 10.2 Å². The van der Waals surface area contributed by atoms with Crippen LogP contribution in [-0.4, -0.2) is 16.3 Å². The Morgan fingerprint density at radius 2 is 2.55 bits per heavy atom. The zero-order valence-corrected chi connectivity index (χ0v) is 6.19. The van der Waals surface area contributed by atoms with E-state index >= 15 is 0 Å². The van der Waals surface area contributed by atoms with E-state index in [1.165, 1.54) is 25.7 Å². The maximum absolute atomic E-state index is 5.43. The molecule has 0 bridgehead atoms. The minimum absolute atomic E-state index is 0.432. The van der Waals surface area contributed by atoms with Gasteiger partial charge in [0.2, 0.25) is 12.3 Å². The number of nitrogens with zero attached hydrogens (tertiary/aromatic N) is 2. The number of rotatable bonds is 3. The van der Waals surface area contributed by atoms with Crippen molar-refractivity contribution in [2.75, 3.05) is 0 Å². The van der Waals surface area contributed by atoms with Crippen LogP contribution in [0.15, 0.2) is 10.8 Å². The second-order valence-corrected chi connectivity index (χ2v) is 2.70. The lowest BCUT2D eigenvalue weighted by Crippen LogP contribution is -2.21. The van der Waals surface area contributed by atoms with Crippen LogP contribution in [-0.2, 0) is 11.3 Å². The molecule has 1 aliphatic rings. The van der Waals surface area contributed by atoms with Crippen LogP contribution in [0.3, 0.4) is 0 Å². The van der Waals surface area contributed by atoms with E-state index in [0.29, 0.717) is 18.6 Å². The molecule has 11 heavy (non-hydrogen) atoms. The van der Waals surface area contributed by atoms with Gasteiger partial charge in [-0.2, -0.15) is 0 Å². The molecule has 0 aromatic carbocycles. The fourth-order valence-corrected chi connectivity index (χ4v) is 0.985. The maximum Gasteiger partial charge on any atom is 0.241 e. The molecule has 0 aliphatic heterocycles. The molecule has 0 unspecified atom stereocenters. The number of ether oxygens (including phenoxy) is 1. The predicted molar refractivity (Wildman–Crippen MR) is 36.7 cm³/mol. The van der Waals surface area contributed by atoms with E-state index < -0.39 is 0 Å². The predicted octanol–water partition coefficient (Wildman–Crippen LogP) is 1.14. The summed E-state index contributed by atoms with van der Waals surface area (Å²) in [4.78, 5) is 0. The summed E-state index contributed by atoms with van der Waals surface area (Å²) in [5.41, 5.74) is 0. The first-order chi connectivity index (χ1) is 5.45. The summed E-state index contributed by atoms with van der Waals surface area (Å²) in [7, 11) is 0. The summed E-state index contributed by atoms with van der Waals surface area (Å²) < 4.78 is 10.3. The van der Waals surface area contributed by atoms with Crippen LogP contribution in [0.1, 0.15) is 25.2 Å². The monoisotopic (exact) mass is 154 g/mol. The lowest BCUT2D eigenvalue weighted by molar-refractivity contribution is -0.0176. The second kappa shape index (κ2) is 3.00. The van der Waals surface area contributed by atoms with Crippen LogP contribution in [0.2, 0.25) is 0 Å². The molecule has 0 atom stereocenters. The zero-order chi connectivity index (χ0) is 7.52. The van der Waals surface area contributed by atoms with Crippen LogP contribution < -0.4 is 0 Å². The average Bonchev–Trinajstić information content (AvgIpc) is 2.36. The Morgan fingerprint density at radius 3 is 3.09 bits per heavy atom. The first-order valence-corrected chi connectivity index (χ1v) is 3.82. The summed E-state index contributed by atoms with van der Waals surface area (Å²) in [5, 5.41) is 7.25. The third-order valence-corrected chi connectivity index (χ3v) is 1.90. The molecule has 1 saturated carbocycles. The minimum Gasteiger partial charge on any atom is -0.425 e. The Bertz CT molecular complexity index is 206. The van der Waals surface area contributed by atoms with Gasteiger partial charge in [-0.1, -0.05) is 0 Å². The van der Waals surface area contributed by atoms with Gasteiger partial charge in [0.25, 0.3) is 0 Å². The van der Waals surface area contributed by atoms with Gasteiger partial charge in [0.05, 0.1) is 6.10 Å². The Kier molecular flexibility index (Phi) is 1.85. The van der Waals surface area contributed by atoms with Crippen LogP contribution >= 0.6 is 0 Å². The molecule has 0 radical (unpaired) electrons. The molecule has 0 saturated heterocycles. The molecule has 2 rings (SSSR count). The van der Waals surface area contributed by atoms with Gasteiger partial charge in [0.15, 0.2) is 0 Å². The van der Waals surface area contributed by atoms with Crippen molar-refractivity contribution in [1.82, 2.24) is 10.2 Å². The fourth-order valence-electron chi connectivity index (χ4n) is 0.985. The quantitative estimate of drug-likeness (QED) is 0.655. The van der Waals surface area contributed by atoms with E-state index in [0.717, 1.165) is 0 Å². The highest BCUT2D eigenvalue weighted by Gasteiger charge is 2.18. The van der Waals surface area contributed by atoms with Gasteiger partial charge >= 0.3 is 0 Å². The van der Waals surface area contributed by atoms with Crippen LogP contribution in [0.4, 0.5) is 0 Å². The summed E-state index contributed by atoms with van der Waals surface area (Å²) in [6, 6.07) is 0. The van der Waals surface area contributed by atoms with Gasteiger partial charge in [0, 0.05) is 0 Å². The molecule has 1 aliphatic carbocycles. The van der Waals surface area contributed by atoms with E-state index in [4.69, 9.17) is 9.15 Å². The maximum atomic E-state index is 5.43. The molecule has 0 spiro atoms. The lowest BCUT2D eigenvalue weighted by atomic mass is 9.96. The SMILES string of the molecule is c1nnc(COC2CCC2)o1. The van der Waals surface area contributed by atoms with E-state index in [-0.39, 0.29) is 0 Å². The first-order valence-electron chi connectivity index (χ1n) is 3.82. The first kappa shape index (κ1) is 6.79.